The van der Waals surface area contributed by atoms with Gasteiger partial charge in [0.25, 0.3) is 0 Å². The molecular formula is C53H72N4O6. The number of rotatable bonds is 28. The molecule has 63 heavy (non-hydrogen) atoms. The lowest BCUT2D eigenvalue weighted by Gasteiger charge is -2.46. The highest BCUT2D eigenvalue weighted by Crippen LogP contribution is 2.65. The summed E-state index contributed by atoms with van der Waals surface area (Å²) in [6.45, 7) is 12.6. The van der Waals surface area contributed by atoms with Crippen LogP contribution in [-0.4, -0.2) is 67.3 Å². The molecule has 0 fully saturated rings. The van der Waals surface area contributed by atoms with Gasteiger partial charge in [0, 0.05) is 13.1 Å². The zero-order chi connectivity index (χ0) is 45.2. The number of nitrogens with one attached hydrogen (secondary N) is 2. The number of hydrogen-bond acceptors (Lipinski definition) is 8. The van der Waals surface area contributed by atoms with Crippen molar-refractivity contribution in [3.05, 3.63) is 107 Å². The number of carbonyl (C=O) groups excluding carboxylic acids is 4. The number of nitrogens with zero attached hydrogens (tertiary/aromatic N) is 2. The first kappa shape index (κ1) is 48.8. The third-order valence-corrected chi connectivity index (χ3v) is 13.0. The lowest BCUT2D eigenvalue weighted by atomic mass is 9.61. The van der Waals surface area contributed by atoms with Crippen molar-refractivity contribution in [2.45, 2.75) is 153 Å². The SMILES string of the molecule is C=CCCCCCCCCCCNC(=O)Cc1ccc2c(c1)C1(C(C(=O)OC)=C(C(=O)OC)N3N=C(C)C=CC31C)c1cc(CC(=O)NCCCCCCCCCCC=C)ccc1-2. The normalized spacial score (nSPS) is 16.6. The first-order valence-electron chi connectivity index (χ1n) is 23.6. The van der Waals surface area contributed by atoms with Crippen LogP contribution in [0.1, 0.15) is 152 Å². The molecule has 0 saturated carbocycles. The molecule has 340 valence electrons. The van der Waals surface area contributed by atoms with E-state index < -0.39 is 22.9 Å². The fourth-order valence-corrected chi connectivity index (χ4v) is 9.74. The second-order valence-corrected chi connectivity index (χ2v) is 17.6. The molecule has 3 aliphatic rings. The number of methoxy groups -OCH3 is 2. The Morgan fingerprint density at radius 3 is 1.51 bits per heavy atom. The van der Waals surface area contributed by atoms with E-state index in [1.807, 2.05) is 74.5 Å². The van der Waals surface area contributed by atoms with Crippen molar-refractivity contribution in [3.8, 4) is 11.1 Å². The fraction of sp³-hybridized carbons (Fsp3) is 0.528. The van der Waals surface area contributed by atoms with Crippen molar-refractivity contribution in [1.82, 2.24) is 15.6 Å². The minimum Gasteiger partial charge on any atom is -0.466 e. The van der Waals surface area contributed by atoms with E-state index in [-0.39, 0.29) is 35.9 Å². The molecule has 10 nitrogen and oxygen atoms in total. The summed E-state index contributed by atoms with van der Waals surface area (Å²) in [5.41, 5.74) is 2.99. The Kier molecular flexibility index (Phi) is 18.6. The van der Waals surface area contributed by atoms with Crippen LogP contribution in [0.3, 0.4) is 0 Å². The van der Waals surface area contributed by atoms with Gasteiger partial charge in [-0.15, -0.1) is 13.2 Å². The van der Waals surface area contributed by atoms with Crippen LogP contribution >= 0.6 is 0 Å². The van der Waals surface area contributed by atoms with Crippen molar-refractivity contribution in [1.29, 1.82) is 0 Å². The topological polar surface area (TPSA) is 126 Å². The molecule has 2 heterocycles. The molecule has 2 amide bonds. The van der Waals surface area contributed by atoms with Gasteiger partial charge in [-0.3, -0.25) is 9.59 Å². The van der Waals surface area contributed by atoms with Crippen LogP contribution in [0.15, 0.2) is 90.2 Å². The summed E-state index contributed by atoms with van der Waals surface area (Å²) in [4.78, 5) is 55.1. The molecule has 2 aromatic carbocycles. The minimum absolute atomic E-state index is 0.0129. The molecule has 0 aromatic heterocycles. The van der Waals surface area contributed by atoms with E-state index in [0.29, 0.717) is 18.8 Å². The summed E-state index contributed by atoms with van der Waals surface area (Å²) in [6, 6.07) is 11.9. The third kappa shape index (κ3) is 11.5. The van der Waals surface area contributed by atoms with Gasteiger partial charge >= 0.3 is 11.9 Å². The number of fused-ring (bicyclic) bond motifs is 7. The smallest absolute Gasteiger partial charge is 0.356 e. The number of carbonyl (C=O) groups is 4. The number of esters is 2. The largest absolute Gasteiger partial charge is 0.466 e. The number of unbranched alkanes of at least 4 members (excludes halogenated alkanes) is 16. The first-order chi connectivity index (χ1) is 30.6. The minimum atomic E-state index is -1.34. The Balaban J connectivity index is 1.37. The average Bonchev–Trinajstić information content (AvgIpc) is 3.69. The molecule has 2 aliphatic heterocycles. The van der Waals surface area contributed by atoms with Crippen LogP contribution in [-0.2, 0) is 46.9 Å². The van der Waals surface area contributed by atoms with Gasteiger partial charge in [-0.1, -0.05) is 132 Å². The Hall–Kier alpha value is -5.25. The molecule has 5 rings (SSSR count). The quantitative estimate of drug-likeness (QED) is 0.0496. The Bertz CT molecular complexity index is 1950. The van der Waals surface area contributed by atoms with Gasteiger partial charge in [0.1, 0.15) is 0 Å². The van der Waals surface area contributed by atoms with Gasteiger partial charge in [0.15, 0.2) is 5.70 Å². The molecule has 2 aromatic rings. The predicted octanol–water partition coefficient (Wildman–Crippen LogP) is 10.3. The molecule has 1 atom stereocenters. The first-order valence-corrected chi connectivity index (χ1v) is 23.6. The monoisotopic (exact) mass is 861 g/mol. The number of amides is 2. The summed E-state index contributed by atoms with van der Waals surface area (Å²) in [6.07, 6.45) is 29.0. The molecule has 2 N–H and O–H groups in total. The predicted molar refractivity (Wildman–Crippen MR) is 253 cm³/mol. The highest BCUT2D eigenvalue weighted by Gasteiger charge is 2.69. The van der Waals surface area contributed by atoms with E-state index in [1.54, 1.807) is 5.01 Å². The average molecular weight is 861 g/mol. The van der Waals surface area contributed by atoms with Crippen molar-refractivity contribution in [2.24, 2.45) is 5.10 Å². The maximum Gasteiger partial charge on any atom is 0.356 e. The number of hydrogen-bond donors (Lipinski definition) is 2. The van der Waals surface area contributed by atoms with Gasteiger partial charge in [-0.2, -0.15) is 5.10 Å². The highest BCUT2D eigenvalue weighted by molar-refractivity contribution is 6.08. The summed E-state index contributed by atoms with van der Waals surface area (Å²) in [5, 5.41) is 12.7. The Morgan fingerprint density at radius 1 is 0.651 bits per heavy atom. The number of hydrazone groups is 1. The summed E-state index contributed by atoms with van der Waals surface area (Å²) >= 11 is 0. The van der Waals surface area contributed by atoms with Gasteiger partial charge in [-0.05, 0) is 91.8 Å². The van der Waals surface area contributed by atoms with Crippen molar-refractivity contribution in [2.75, 3.05) is 27.3 Å². The van der Waals surface area contributed by atoms with Crippen molar-refractivity contribution < 1.29 is 28.7 Å². The summed E-state index contributed by atoms with van der Waals surface area (Å²) < 4.78 is 10.9. The lowest BCUT2D eigenvalue weighted by molar-refractivity contribution is -0.140. The van der Waals surface area contributed by atoms with Gasteiger partial charge < -0.3 is 20.1 Å². The molecule has 1 aliphatic carbocycles. The Morgan fingerprint density at radius 2 is 1.08 bits per heavy atom. The van der Waals surface area contributed by atoms with E-state index in [4.69, 9.17) is 14.6 Å². The summed E-state index contributed by atoms with van der Waals surface area (Å²) in [5.74, 6) is -1.59. The third-order valence-electron chi connectivity index (χ3n) is 13.0. The van der Waals surface area contributed by atoms with Gasteiger partial charge in [0.05, 0.1) is 49.3 Å². The highest BCUT2D eigenvalue weighted by atomic mass is 16.5. The molecule has 10 heteroatoms. The zero-order valence-electron chi connectivity index (χ0n) is 38.6. The molecular weight excluding hydrogens is 789 g/mol. The van der Waals surface area contributed by atoms with E-state index in [9.17, 15) is 19.2 Å². The Labute approximate surface area is 376 Å². The van der Waals surface area contributed by atoms with Crippen LogP contribution in [0.5, 0.6) is 0 Å². The molecule has 1 unspecified atom stereocenters. The van der Waals surface area contributed by atoms with Crippen LogP contribution in [0, 0.1) is 0 Å². The fourth-order valence-electron chi connectivity index (χ4n) is 9.74. The van der Waals surface area contributed by atoms with Crippen LogP contribution in [0.4, 0.5) is 0 Å². The molecule has 0 radical (unpaired) electrons. The van der Waals surface area contributed by atoms with E-state index in [1.165, 1.54) is 78.4 Å². The van der Waals surface area contributed by atoms with E-state index in [2.05, 4.69) is 23.8 Å². The van der Waals surface area contributed by atoms with Crippen LogP contribution in [0.25, 0.3) is 11.1 Å². The van der Waals surface area contributed by atoms with Crippen molar-refractivity contribution in [3.63, 3.8) is 0 Å². The molecule has 1 spiro atoms. The summed E-state index contributed by atoms with van der Waals surface area (Å²) in [7, 11) is 2.59. The van der Waals surface area contributed by atoms with Crippen LogP contribution in [0.2, 0.25) is 0 Å². The van der Waals surface area contributed by atoms with Gasteiger partial charge in [0.2, 0.25) is 11.8 Å². The van der Waals surface area contributed by atoms with Gasteiger partial charge in [-0.25, -0.2) is 14.6 Å². The van der Waals surface area contributed by atoms with E-state index in [0.717, 1.165) is 84.7 Å². The number of allylic oxidation sites excluding steroid dienone is 3. The zero-order valence-corrected chi connectivity index (χ0v) is 38.6. The maximum absolute atomic E-state index is 14.4. The van der Waals surface area contributed by atoms with Crippen LogP contribution < -0.4 is 10.6 Å². The number of benzene rings is 2. The lowest BCUT2D eigenvalue weighted by Crippen LogP contribution is -2.55. The number of ether oxygens (including phenoxy) is 2. The molecule has 0 saturated heterocycles. The maximum atomic E-state index is 14.4. The standard InChI is InChI=1S/C53H72N4O6/c1-7-9-11-13-15-17-19-21-23-25-33-54-46(58)37-40-27-29-42-43-30-28-41(38-47(59)55-34-26-24-22-20-18-16-14-12-10-8-2)36-45(43)53(44(42)35-40)48(50(60)62-5)49(51(61)63-6)57-52(53,4)32-31-39(3)56-57/h7-8,27-32,35-36H,1-2,9-26,33-34,37-38H2,3-6H3,(H,54,58)(H,55,59). The van der Waals surface area contributed by atoms with E-state index >= 15 is 0 Å². The second-order valence-electron chi connectivity index (χ2n) is 17.6. The molecule has 0 bridgehead atoms. The second kappa shape index (κ2) is 24.0. The van der Waals surface area contributed by atoms with Crippen molar-refractivity contribution >= 4 is 29.5 Å².